The van der Waals surface area contributed by atoms with Crippen LogP contribution in [0.3, 0.4) is 0 Å². The van der Waals surface area contributed by atoms with Crippen molar-refractivity contribution >= 4 is 11.8 Å². The summed E-state index contributed by atoms with van der Waals surface area (Å²) in [5.41, 5.74) is 5.24. The Labute approximate surface area is 135 Å². The summed E-state index contributed by atoms with van der Waals surface area (Å²) >= 11 is 0. The summed E-state index contributed by atoms with van der Waals surface area (Å²) in [7, 11) is 0. The Kier molecular flexibility index (Phi) is 6.51. The van der Waals surface area contributed by atoms with Crippen LogP contribution in [0.15, 0.2) is 54.6 Å². The molecule has 0 aromatic heterocycles. The molecule has 0 radical (unpaired) electrons. The zero-order valence-corrected chi connectivity index (χ0v) is 12.7. The van der Waals surface area contributed by atoms with Crippen LogP contribution in [0.25, 0.3) is 0 Å². The van der Waals surface area contributed by atoms with E-state index in [4.69, 9.17) is 10.6 Å². The number of nitrogen functional groups attached to an aromatic ring is 1. The average molecular weight is 309 g/mol. The van der Waals surface area contributed by atoms with Crippen molar-refractivity contribution in [3.8, 4) is 11.8 Å². The number of carbonyl (C=O) groups is 1. The zero-order chi connectivity index (χ0) is 16.3. The quantitative estimate of drug-likeness (QED) is 0.343. The van der Waals surface area contributed by atoms with E-state index < -0.39 is 6.09 Å². The lowest BCUT2D eigenvalue weighted by molar-refractivity contribution is 0.140. The van der Waals surface area contributed by atoms with E-state index in [2.05, 4.69) is 22.6 Å². The molecule has 4 N–H and O–H groups in total. The molecule has 2 aromatic carbocycles. The lowest BCUT2D eigenvalue weighted by Crippen LogP contribution is -2.24. The minimum Gasteiger partial charge on any atom is -0.445 e. The molecule has 23 heavy (non-hydrogen) atoms. The highest BCUT2D eigenvalue weighted by Gasteiger charge is 2.00. The second-order valence-corrected chi connectivity index (χ2v) is 4.76. The van der Waals surface area contributed by atoms with Gasteiger partial charge in [0, 0.05) is 24.2 Å². The number of nitrogens with two attached hydrogens (primary N) is 1. The van der Waals surface area contributed by atoms with Crippen molar-refractivity contribution in [3.05, 3.63) is 65.7 Å². The minimum atomic E-state index is -0.436. The topological polar surface area (TPSA) is 76.4 Å². The molecule has 5 nitrogen and oxygen atoms in total. The molecule has 0 heterocycles. The van der Waals surface area contributed by atoms with E-state index in [1.54, 1.807) is 0 Å². The van der Waals surface area contributed by atoms with Crippen molar-refractivity contribution in [1.29, 1.82) is 0 Å². The predicted molar refractivity (Wildman–Crippen MR) is 90.4 cm³/mol. The standard InChI is InChI=1S/C18H19N3O2/c19-21-17-11-9-15(10-12-17)6-4-5-13-20-18(22)23-14-16-7-2-1-3-8-16/h1-3,7-12,21H,5,13-14,19H2,(H,20,22). The molecule has 0 aliphatic carbocycles. The first kappa shape index (κ1) is 16.4. The second-order valence-electron chi connectivity index (χ2n) is 4.76. The van der Waals surface area contributed by atoms with Gasteiger partial charge in [-0.2, -0.15) is 0 Å². The van der Waals surface area contributed by atoms with E-state index >= 15 is 0 Å². The third-order valence-corrected chi connectivity index (χ3v) is 3.02. The number of nitrogens with one attached hydrogen (secondary N) is 2. The number of hydrogen-bond acceptors (Lipinski definition) is 4. The smallest absolute Gasteiger partial charge is 0.407 e. The summed E-state index contributed by atoms with van der Waals surface area (Å²) in [6, 6.07) is 17.0. The summed E-state index contributed by atoms with van der Waals surface area (Å²) < 4.78 is 5.10. The fourth-order valence-electron chi connectivity index (χ4n) is 1.82. The zero-order valence-electron chi connectivity index (χ0n) is 12.7. The van der Waals surface area contributed by atoms with E-state index in [0.29, 0.717) is 13.0 Å². The van der Waals surface area contributed by atoms with Crippen LogP contribution in [-0.4, -0.2) is 12.6 Å². The molecule has 0 saturated carbocycles. The lowest BCUT2D eigenvalue weighted by atomic mass is 10.2. The molecular weight excluding hydrogens is 290 g/mol. The molecule has 0 spiro atoms. The normalized spacial score (nSPS) is 9.43. The van der Waals surface area contributed by atoms with Gasteiger partial charge in [-0.3, -0.25) is 5.84 Å². The van der Waals surface area contributed by atoms with Gasteiger partial charge in [0.05, 0.1) is 0 Å². The van der Waals surface area contributed by atoms with Gasteiger partial charge in [0.1, 0.15) is 6.61 Å². The maximum absolute atomic E-state index is 11.5. The van der Waals surface area contributed by atoms with Gasteiger partial charge in [0.15, 0.2) is 0 Å². The summed E-state index contributed by atoms with van der Waals surface area (Å²) in [6.07, 6.45) is 0.117. The highest BCUT2D eigenvalue weighted by molar-refractivity contribution is 5.67. The summed E-state index contributed by atoms with van der Waals surface area (Å²) in [5, 5.41) is 2.67. The minimum absolute atomic E-state index is 0.264. The van der Waals surface area contributed by atoms with E-state index in [-0.39, 0.29) is 6.61 Å². The Bertz CT molecular complexity index is 673. The van der Waals surface area contributed by atoms with Crippen LogP contribution in [0.1, 0.15) is 17.5 Å². The Balaban J connectivity index is 1.65. The summed E-state index contributed by atoms with van der Waals surface area (Å²) in [5.74, 6) is 11.3. The number of hydrogen-bond donors (Lipinski definition) is 3. The Morgan fingerprint density at radius 1 is 1.09 bits per heavy atom. The number of hydrazine groups is 1. The highest BCUT2D eigenvalue weighted by Crippen LogP contribution is 2.06. The van der Waals surface area contributed by atoms with Crippen molar-refractivity contribution < 1.29 is 9.53 Å². The molecule has 0 unspecified atom stereocenters. The molecule has 0 fully saturated rings. The van der Waals surface area contributed by atoms with E-state index in [0.717, 1.165) is 16.8 Å². The van der Waals surface area contributed by atoms with Crippen LogP contribution in [-0.2, 0) is 11.3 Å². The third-order valence-electron chi connectivity index (χ3n) is 3.02. The number of alkyl carbamates (subject to hydrolysis) is 1. The molecule has 0 aliphatic heterocycles. The van der Waals surface area contributed by atoms with Gasteiger partial charge >= 0.3 is 6.09 Å². The van der Waals surface area contributed by atoms with E-state index in [1.165, 1.54) is 0 Å². The number of benzene rings is 2. The highest BCUT2D eigenvalue weighted by atomic mass is 16.5. The number of rotatable bonds is 5. The van der Waals surface area contributed by atoms with Crippen molar-refractivity contribution in [3.63, 3.8) is 0 Å². The number of amides is 1. The maximum atomic E-state index is 11.5. The molecule has 2 rings (SSSR count). The Morgan fingerprint density at radius 3 is 2.52 bits per heavy atom. The molecule has 118 valence electrons. The van der Waals surface area contributed by atoms with Crippen LogP contribution in [0.2, 0.25) is 0 Å². The van der Waals surface area contributed by atoms with Gasteiger partial charge < -0.3 is 15.5 Å². The molecule has 0 atom stereocenters. The van der Waals surface area contributed by atoms with Crippen molar-refractivity contribution in [2.24, 2.45) is 5.84 Å². The molecule has 0 saturated heterocycles. The first-order valence-electron chi connectivity index (χ1n) is 7.28. The average Bonchev–Trinajstić information content (AvgIpc) is 2.61. The van der Waals surface area contributed by atoms with Crippen LogP contribution in [0.5, 0.6) is 0 Å². The van der Waals surface area contributed by atoms with E-state index in [1.807, 2.05) is 54.6 Å². The van der Waals surface area contributed by atoms with Gasteiger partial charge in [-0.1, -0.05) is 42.2 Å². The summed E-state index contributed by atoms with van der Waals surface area (Å²) in [6.45, 7) is 0.711. The van der Waals surface area contributed by atoms with Gasteiger partial charge in [-0.05, 0) is 29.8 Å². The molecule has 1 amide bonds. The summed E-state index contributed by atoms with van der Waals surface area (Å²) in [4.78, 5) is 11.5. The van der Waals surface area contributed by atoms with Gasteiger partial charge in [-0.15, -0.1) is 0 Å². The second kappa shape index (κ2) is 9.13. The van der Waals surface area contributed by atoms with Gasteiger partial charge in [0.2, 0.25) is 0 Å². The van der Waals surface area contributed by atoms with Crippen LogP contribution < -0.4 is 16.6 Å². The Morgan fingerprint density at radius 2 is 1.83 bits per heavy atom. The first-order chi connectivity index (χ1) is 11.3. The largest absolute Gasteiger partial charge is 0.445 e. The fraction of sp³-hybridized carbons (Fsp3) is 0.167. The maximum Gasteiger partial charge on any atom is 0.407 e. The predicted octanol–water partition coefficient (Wildman–Crippen LogP) is 2.64. The molecule has 2 aromatic rings. The third kappa shape index (κ3) is 6.12. The first-order valence-corrected chi connectivity index (χ1v) is 7.28. The monoisotopic (exact) mass is 309 g/mol. The van der Waals surface area contributed by atoms with Gasteiger partial charge in [-0.25, -0.2) is 4.79 Å². The molecular formula is C18H19N3O2. The van der Waals surface area contributed by atoms with Gasteiger partial charge in [0.25, 0.3) is 0 Å². The number of anilines is 1. The fourth-order valence-corrected chi connectivity index (χ4v) is 1.82. The number of ether oxygens (including phenoxy) is 1. The Hall–Kier alpha value is -2.97. The van der Waals surface area contributed by atoms with Crippen molar-refractivity contribution in [1.82, 2.24) is 5.32 Å². The van der Waals surface area contributed by atoms with Crippen LogP contribution >= 0.6 is 0 Å². The van der Waals surface area contributed by atoms with Crippen molar-refractivity contribution in [2.75, 3.05) is 12.0 Å². The molecule has 0 aliphatic rings. The molecule has 5 heteroatoms. The molecule has 0 bridgehead atoms. The van der Waals surface area contributed by atoms with E-state index in [9.17, 15) is 4.79 Å². The van der Waals surface area contributed by atoms with Crippen molar-refractivity contribution in [2.45, 2.75) is 13.0 Å². The number of carbonyl (C=O) groups excluding carboxylic acids is 1. The van der Waals surface area contributed by atoms with Crippen LogP contribution in [0, 0.1) is 11.8 Å². The SMILES string of the molecule is NNc1ccc(C#CCCNC(=O)OCc2ccccc2)cc1. The van der Waals surface area contributed by atoms with Crippen LogP contribution in [0.4, 0.5) is 10.5 Å². The lowest BCUT2D eigenvalue weighted by Gasteiger charge is -2.05.